The number of benzene rings is 1. The van der Waals surface area contributed by atoms with Crippen LogP contribution in [0.2, 0.25) is 0 Å². The summed E-state index contributed by atoms with van der Waals surface area (Å²) in [7, 11) is 0. The summed E-state index contributed by atoms with van der Waals surface area (Å²) in [5.74, 6) is -0.376. The quantitative estimate of drug-likeness (QED) is 0.672. The van der Waals surface area contributed by atoms with Gasteiger partial charge in [0.15, 0.2) is 0 Å². The minimum atomic E-state index is -0.846. The van der Waals surface area contributed by atoms with E-state index in [0.29, 0.717) is 12.3 Å². The van der Waals surface area contributed by atoms with Crippen molar-refractivity contribution in [3.8, 4) is 0 Å². The SMILES string of the molecule is O=C(O)C1(Br)CC2C=CC1(c1ccccc1)C2. The smallest absolute Gasteiger partial charge is 0.321 e. The van der Waals surface area contributed by atoms with Gasteiger partial charge in [-0.05, 0) is 24.3 Å². The fourth-order valence-corrected chi connectivity index (χ4v) is 4.22. The summed E-state index contributed by atoms with van der Waals surface area (Å²) in [4.78, 5) is 11.6. The zero-order chi connectivity index (χ0) is 12.1. The van der Waals surface area contributed by atoms with Crippen molar-refractivity contribution in [2.24, 2.45) is 5.92 Å². The summed E-state index contributed by atoms with van der Waals surface area (Å²) < 4.78 is -0.846. The molecule has 1 saturated carbocycles. The van der Waals surface area contributed by atoms with Crippen molar-refractivity contribution in [2.75, 3.05) is 0 Å². The molecule has 1 aromatic rings. The Morgan fingerprint density at radius 3 is 2.59 bits per heavy atom. The van der Waals surface area contributed by atoms with Crippen molar-refractivity contribution in [1.29, 1.82) is 0 Å². The number of fused-ring (bicyclic) bond motifs is 2. The van der Waals surface area contributed by atoms with E-state index in [-0.39, 0.29) is 5.41 Å². The van der Waals surface area contributed by atoms with Crippen LogP contribution in [0.5, 0.6) is 0 Å². The first kappa shape index (κ1) is 11.0. The Labute approximate surface area is 108 Å². The lowest BCUT2D eigenvalue weighted by molar-refractivity contribution is -0.140. The molecular formula is C14H13BrO2. The van der Waals surface area contributed by atoms with Crippen LogP contribution >= 0.6 is 15.9 Å². The standard InChI is InChI=1S/C14H13BrO2/c15-14(12(16)17)9-10-6-7-13(14,8-10)11-4-2-1-3-5-11/h1-7,10H,8-9H2,(H,16,17). The molecule has 3 heteroatoms. The first-order valence-electron chi connectivity index (χ1n) is 5.76. The fraction of sp³-hybridized carbons (Fsp3) is 0.357. The van der Waals surface area contributed by atoms with E-state index in [9.17, 15) is 9.90 Å². The third kappa shape index (κ3) is 1.29. The molecule has 17 heavy (non-hydrogen) atoms. The van der Waals surface area contributed by atoms with E-state index >= 15 is 0 Å². The lowest BCUT2D eigenvalue weighted by atomic mass is 9.72. The maximum absolute atomic E-state index is 11.6. The molecule has 1 N–H and O–H groups in total. The molecule has 88 valence electrons. The molecule has 0 amide bonds. The van der Waals surface area contributed by atoms with E-state index in [4.69, 9.17) is 0 Å². The molecule has 0 saturated heterocycles. The first-order chi connectivity index (χ1) is 8.08. The second-order valence-corrected chi connectivity index (χ2v) is 6.32. The number of carboxylic acids is 1. The summed E-state index contributed by atoms with van der Waals surface area (Å²) in [6, 6.07) is 9.95. The Morgan fingerprint density at radius 2 is 2.00 bits per heavy atom. The highest BCUT2D eigenvalue weighted by Gasteiger charge is 2.63. The molecule has 0 spiro atoms. The normalized spacial score (nSPS) is 38.5. The van der Waals surface area contributed by atoms with Crippen molar-refractivity contribution >= 4 is 21.9 Å². The van der Waals surface area contributed by atoms with E-state index in [1.165, 1.54) is 0 Å². The molecule has 3 atom stereocenters. The maximum Gasteiger partial charge on any atom is 0.321 e. The molecule has 0 aromatic heterocycles. The minimum Gasteiger partial charge on any atom is -0.480 e. The zero-order valence-corrected chi connectivity index (χ0v) is 10.9. The van der Waals surface area contributed by atoms with Gasteiger partial charge in [-0.15, -0.1) is 0 Å². The number of rotatable bonds is 2. The molecule has 3 rings (SSSR count). The third-order valence-corrected chi connectivity index (χ3v) is 5.49. The average Bonchev–Trinajstić information content (AvgIpc) is 2.87. The molecule has 1 fully saturated rings. The number of halogens is 1. The molecule has 0 radical (unpaired) electrons. The van der Waals surface area contributed by atoms with Gasteiger partial charge in [-0.2, -0.15) is 0 Å². The number of hydrogen-bond donors (Lipinski definition) is 1. The van der Waals surface area contributed by atoms with Gasteiger partial charge in [0, 0.05) is 5.41 Å². The predicted octanol–water partition coefficient (Wildman–Crippen LogP) is 3.12. The van der Waals surface area contributed by atoms with Gasteiger partial charge >= 0.3 is 5.97 Å². The van der Waals surface area contributed by atoms with Crippen molar-refractivity contribution in [3.05, 3.63) is 48.0 Å². The topological polar surface area (TPSA) is 37.3 Å². The third-order valence-electron chi connectivity index (χ3n) is 4.12. The van der Waals surface area contributed by atoms with Gasteiger partial charge in [-0.25, -0.2) is 0 Å². The molecule has 0 aliphatic heterocycles. The number of carboxylic acid groups (broad SMARTS) is 1. The zero-order valence-electron chi connectivity index (χ0n) is 9.27. The monoisotopic (exact) mass is 292 g/mol. The van der Waals surface area contributed by atoms with Gasteiger partial charge < -0.3 is 5.11 Å². The van der Waals surface area contributed by atoms with Crippen molar-refractivity contribution in [2.45, 2.75) is 22.6 Å². The molecule has 0 heterocycles. The number of aliphatic carboxylic acids is 1. The van der Waals surface area contributed by atoms with Crippen LogP contribution in [0.3, 0.4) is 0 Å². The molecule has 3 unspecified atom stereocenters. The summed E-state index contributed by atoms with van der Waals surface area (Å²) in [6.45, 7) is 0. The van der Waals surface area contributed by atoms with Crippen LogP contribution < -0.4 is 0 Å². The van der Waals surface area contributed by atoms with Crippen LogP contribution in [-0.2, 0) is 10.2 Å². The Morgan fingerprint density at radius 1 is 1.29 bits per heavy atom. The van der Waals surface area contributed by atoms with E-state index in [0.717, 1.165) is 12.0 Å². The van der Waals surface area contributed by atoms with Crippen LogP contribution in [0.15, 0.2) is 42.5 Å². The van der Waals surface area contributed by atoms with E-state index < -0.39 is 10.3 Å². The molecule has 2 aliphatic rings. The summed E-state index contributed by atoms with van der Waals surface area (Å²) in [5, 5.41) is 9.54. The number of allylic oxidation sites excluding steroid dienone is 2. The van der Waals surface area contributed by atoms with Crippen LogP contribution in [0.25, 0.3) is 0 Å². The van der Waals surface area contributed by atoms with E-state index in [1.807, 2.05) is 30.3 Å². The Kier molecular flexibility index (Phi) is 2.24. The van der Waals surface area contributed by atoms with Crippen LogP contribution in [-0.4, -0.2) is 15.4 Å². The Bertz CT molecular complexity index is 496. The fourth-order valence-electron chi connectivity index (χ4n) is 3.28. The minimum absolute atomic E-state index is 0.380. The second-order valence-electron chi connectivity index (χ2n) is 4.97. The molecule has 1 aromatic carbocycles. The highest BCUT2D eigenvalue weighted by molar-refractivity contribution is 9.10. The summed E-state index contributed by atoms with van der Waals surface area (Å²) in [6.07, 6.45) is 5.82. The van der Waals surface area contributed by atoms with Crippen LogP contribution in [0, 0.1) is 5.92 Å². The van der Waals surface area contributed by atoms with E-state index in [2.05, 4.69) is 28.1 Å². The first-order valence-corrected chi connectivity index (χ1v) is 6.55. The predicted molar refractivity (Wildman–Crippen MR) is 69.3 cm³/mol. The Hall–Kier alpha value is -1.09. The molecule has 2 bridgehead atoms. The molecule has 2 nitrogen and oxygen atoms in total. The summed E-state index contributed by atoms with van der Waals surface area (Å²) >= 11 is 3.51. The summed E-state index contributed by atoms with van der Waals surface area (Å²) in [5.41, 5.74) is 0.709. The molecular weight excluding hydrogens is 280 g/mol. The number of carbonyl (C=O) groups is 1. The lowest BCUT2D eigenvalue weighted by Crippen LogP contribution is -2.47. The maximum atomic E-state index is 11.6. The number of alkyl halides is 1. The highest BCUT2D eigenvalue weighted by atomic mass is 79.9. The van der Waals surface area contributed by atoms with Gasteiger partial charge in [0.05, 0.1) is 0 Å². The van der Waals surface area contributed by atoms with Gasteiger partial charge in [0.2, 0.25) is 0 Å². The van der Waals surface area contributed by atoms with Crippen molar-refractivity contribution < 1.29 is 9.90 Å². The van der Waals surface area contributed by atoms with Crippen LogP contribution in [0.1, 0.15) is 18.4 Å². The van der Waals surface area contributed by atoms with Crippen molar-refractivity contribution in [1.82, 2.24) is 0 Å². The van der Waals surface area contributed by atoms with Gasteiger partial charge in [0.1, 0.15) is 4.32 Å². The number of hydrogen-bond acceptors (Lipinski definition) is 1. The van der Waals surface area contributed by atoms with Gasteiger partial charge in [0.25, 0.3) is 0 Å². The van der Waals surface area contributed by atoms with Crippen molar-refractivity contribution in [3.63, 3.8) is 0 Å². The Balaban J connectivity index is 2.17. The van der Waals surface area contributed by atoms with E-state index in [1.54, 1.807) is 0 Å². The van der Waals surface area contributed by atoms with Gasteiger partial charge in [-0.1, -0.05) is 58.4 Å². The highest BCUT2D eigenvalue weighted by Crippen LogP contribution is 2.60. The van der Waals surface area contributed by atoms with Crippen LogP contribution in [0.4, 0.5) is 0 Å². The second kappa shape index (κ2) is 3.45. The van der Waals surface area contributed by atoms with Gasteiger partial charge in [-0.3, -0.25) is 4.79 Å². The average molecular weight is 293 g/mol. The molecule has 2 aliphatic carbocycles. The largest absolute Gasteiger partial charge is 0.480 e. The lowest BCUT2D eigenvalue weighted by Gasteiger charge is -2.37.